The van der Waals surface area contributed by atoms with Gasteiger partial charge in [-0.2, -0.15) is 0 Å². The summed E-state index contributed by atoms with van der Waals surface area (Å²) in [5.41, 5.74) is 4.45. The molecule has 0 aliphatic carbocycles. The van der Waals surface area contributed by atoms with Gasteiger partial charge in [0.1, 0.15) is 6.61 Å². The van der Waals surface area contributed by atoms with Crippen molar-refractivity contribution in [3.63, 3.8) is 0 Å². The van der Waals surface area contributed by atoms with E-state index in [1.54, 1.807) is 0 Å². The van der Waals surface area contributed by atoms with E-state index < -0.39 is 0 Å². The lowest BCUT2D eigenvalue weighted by atomic mass is 10.1. The van der Waals surface area contributed by atoms with Crippen LogP contribution in [0.3, 0.4) is 0 Å². The number of hydrogen-bond acceptors (Lipinski definition) is 3. The number of ether oxygens (including phenoxy) is 1. The summed E-state index contributed by atoms with van der Waals surface area (Å²) in [6.07, 6.45) is 1.84. The highest BCUT2D eigenvalue weighted by Gasteiger charge is 2.01. The number of anilines is 1. The van der Waals surface area contributed by atoms with Crippen LogP contribution in [0.2, 0.25) is 0 Å². The Morgan fingerprint density at radius 2 is 1.59 bits per heavy atom. The second-order valence-electron chi connectivity index (χ2n) is 4.99. The van der Waals surface area contributed by atoms with Gasteiger partial charge in [-0.25, -0.2) is 4.98 Å². The van der Waals surface area contributed by atoms with E-state index in [2.05, 4.69) is 34.6 Å². The van der Waals surface area contributed by atoms with Gasteiger partial charge in [-0.3, -0.25) is 0 Å². The highest BCUT2D eigenvalue weighted by atomic mass is 16.5. The van der Waals surface area contributed by atoms with Crippen molar-refractivity contribution in [1.82, 2.24) is 4.98 Å². The molecule has 1 heterocycles. The Kier molecular flexibility index (Phi) is 4.35. The summed E-state index contributed by atoms with van der Waals surface area (Å²) >= 11 is 0. The topological polar surface area (TPSA) is 34.1 Å². The van der Waals surface area contributed by atoms with E-state index in [0.717, 1.165) is 22.4 Å². The Balaban J connectivity index is 1.67. The summed E-state index contributed by atoms with van der Waals surface area (Å²) in [6.45, 7) is 0.532. The van der Waals surface area contributed by atoms with Gasteiger partial charge in [-0.15, -0.1) is 0 Å². The van der Waals surface area contributed by atoms with Gasteiger partial charge < -0.3 is 10.1 Å². The van der Waals surface area contributed by atoms with Gasteiger partial charge in [-0.1, -0.05) is 42.5 Å². The average molecular weight is 290 g/mol. The fourth-order valence-corrected chi connectivity index (χ4v) is 2.20. The van der Waals surface area contributed by atoms with Crippen LogP contribution in [-0.4, -0.2) is 12.0 Å². The molecule has 0 saturated heterocycles. The van der Waals surface area contributed by atoms with Crippen molar-refractivity contribution < 1.29 is 4.74 Å². The van der Waals surface area contributed by atoms with Crippen LogP contribution in [0.5, 0.6) is 5.88 Å². The molecule has 110 valence electrons. The lowest BCUT2D eigenvalue weighted by Gasteiger charge is -2.07. The number of nitrogens with zero attached hydrogens (tertiary/aromatic N) is 1. The van der Waals surface area contributed by atoms with Crippen molar-refractivity contribution in [1.29, 1.82) is 0 Å². The lowest BCUT2D eigenvalue weighted by Crippen LogP contribution is -1.96. The third-order valence-corrected chi connectivity index (χ3v) is 3.47. The largest absolute Gasteiger partial charge is 0.473 e. The number of pyridine rings is 1. The number of benzene rings is 2. The molecule has 0 fully saturated rings. The summed E-state index contributed by atoms with van der Waals surface area (Å²) in [7, 11) is 1.91. The zero-order valence-electron chi connectivity index (χ0n) is 12.5. The van der Waals surface area contributed by atoms with Crippen LogP contribution in [0.4, 0.5) is 5.69 Å². The van der Waals surface area contributed by atoms with Crippen LogP contribution >= 0.6 is 0 Å². The third-order valence-electron chi connectivity index (χ3n) is 3.47. The van der Waals surface area contributed by atoms with Crippen LogP contribution in [0.1, 0.15) is 5.56 Å². The van der Waals surface area contributed by atoms with Crippen LogP contribution in [0.25, 0.3) is 11.1 Å². The maximum Gasteiger partial charge on any atom is 0.213 e. The number of nitrogens with one attached hydrogen (secondary N) is 1. The second kappa shape index (κ2) is 6.76. The van der Waals surface area contributed by atoms with Crippen molar-refractivity contribution >= 4 is 5.69 Å². The predicted octanol–water partition coefficient (Wildman–Crippen LogP) is 4.37. The van der Waals surface area contributed by atoms with E-state index >= 15 is 0 Å². The summed E-state index contributed by atoms with van der Waals surface area (Å²) in [5.74, 6) is 0.638. The lowest BCUT2D eigenvalue weighted by molar-refractivity contribution is 0.294. The molecule has 0 radical (unpaired) electrons. The highest BCUT2D eigenvalue weighted by molar-refractivity contribution is 5.65. The standard InChI is InChI=1S/C19H18N2O/c1-20-18-10-7-16(8-11-18)17-9-12-19(21-13-17)22-14-15-5-3-2-4-6-15/h2-13,20H,14H2,1H3. The molecule has 0 atom stereocenters. The monoisotopic (exact) mass is 290 g/mol. The molecule has 0 amide bonds. The number of rotatable bonds is 5. The fraction of sp³-hybridized carbons (Fsp3) is 0.105. The molecular weight excluding hydrogens is 272 g/mol. The molecule has 1 N–H and O–H groups in total. The van der Waals surface area contributed by atoms with Crippen LogP contribution in [0, 0.1) is 0 Å². The molecule has 0 bridgehead atoms. The quantitative estimate of drug-likeness (QED) is 0.757. The zero-order valence-corrected chi connectivity index (χ0v) is 12.5. The molecule has 3 nitrogen and oxygen atoms in total. The molecule has 0 spiro atoms. The van der Waals surface area contributed by atoms with E-state index in [1.807, 2.05) is 55.7 Å². The fourth-order valence-electron chi connectivity index (χ4n) is 2.20. The first-order chi connectivity index (χ1) is 10.8. The first kappa shape index (κ1) is 14.1. The molecule has 1 aromatic heterocycles. The van der Waals surface area contributed by atoms with E-state index in [1.165, 1.54) is 0 Å². The normalized spacial score (nSPS) is 10.2. The number of hydrogen-bond donors (Lipinski definition) is 1. The van der Waals surface area contributed by atoms with Crippen molar-refractivity contribution in [3.05, 3.63) is 78.5 Å². The zero-order chi connectivity index (χ0) is 15.2. The molecule has 0 unspecified atom stereocenters. The molecule has 3 rings (SSSR count). The first-order valence-electron chi connectivity index (χ1n) is 7.26. The van der Waals surface area contributed by atoms with Gasteiger partial charge in [0.05, 0.1) is 0 Å². The molecule has 0 saturated carbocycles. The van der Waals surface area contributed by atoms with E-state index in [-0.39, 0.29) is 0 Å². The van der Waals surface area contributed by atoms with Crippen LogP contribution in [-0.2, 0) is 6.61 Å². The van der Waals surface area contributed by atoms with Gasteiger partial charge in [0.25, 0.3) is 0 Å². The Labute approximate surface area is 130 Å². The maximum atomic E-state index is 5.70. The second-order valence-corrected chi connectivity index (χ2v) is 4.99. The molecular formula is C19H18N2O. The number of aromatic nitrogens is 1. The van der Waals surface area contributed by atoms with Crippen molar-refractivity contribution in [2.24, 2.45) is 0 Å². The summed E-state index contributed by atoms with van der Waals surface area (Å²) in [5, 5.41) is 3.11. The van der Waals surface area contributed by atoms with E-state index in [4.69, 9.17) is 4.74 Å². The Morgan fingerprint density at radius 1 is 0.864 bits per heavy atom. The molecule has 2 aromatic carbocycles. The summed E-state index contributed by atoms with van der Waals surface area (Å²) < 4.78 is 5.70. The van der Waals surface area contributed by atoms with Crippen molar-refractivity contribution in [3.8, 4) is 17.0 Å². The van der Waals surface area contributed by atoms with Gasteiger partial charge in [0.2, 0.25) is 5.88 Å². The molecule has 3 heteroatoms. The van der Waals surface area contributed by atoms with E-state index in [0.29, 0.717) is 12.5 Å². The summed E-state index contributed by atoms with van der Waals surface area (Å²) in [4.78, 5) is 4.37. The Morgan fingerprint density at radius 3 is 2.23 bits per heavy atom. The Hall–Kier alpha value is -2.81. The molecule has 0 aliphatic heterocycles. The van der Waals surface area contributed by atoms with E-state index in [9.17, 15) is 0 Å². The Bertz CT molecular complexity index is 707. The smallest absolute Gasteiger partial charge is 0.213 e. The van der Waals surface area contributed by atoms with Crippen LogP contribution < -0.4 is 10.1 Å². The first-order valence-corrected chi connectivity index (χ1v) is 7.26. The maximum absolute atomic E-state index is 5.70. The van der Waals surface area contributed by atoms with Gasteiger partial charge in [-0.05, 0) is 29.3 Å². The SMILES string of the molecule is CNc1ccc(-c2ccc(OCc3ccccc3)nc2)cc1. The molecule has 0 aliphatic rings. The van der Waals surface area contributed by atoms with Crippen molar-refractivity contribution in [2.75, 3.05) is 12.4 Å². The minimum atomic E-state index is 0.532. The minimum absolute atomic E-state index is 0.532. The highest BCUT2D eigenvalue weighted by Crippen LogP contribution is 2.22. The summed E-state index contributed by atoms with van der Waals surface area (Å²) in [6, 6.07) is 22.3. The molecule has 22 heavy (non-hydrogen) atoms. The van der Waals surface area contributed by atoms with Gasteiger partial charge in [0.15, 0.2) is 0 Å². The van der Waals surface area contributed by atoms with Crippen molar-refractivity contribution in [2.45, 2.75) is 6.61 Å². The van der Waals surface area contributed by atoms with Gasteiger partial charge in [0, 0.05) is 30.6 Å². The average Bonchev–Trinajstić information content (AvgIpc) is 2.61. The van der Waals surface area contributed by atoms with Gasteiger partial charge >= 0.3 is 0 Å². The van der Waals surface area contributed by atoms with Crippen LogP contribution in [0.15, 0.2) is 72.9 Å². The minimum Gasteiger partial charge on any atom is -0.473 e. The third kappa shape index (κ3) is 3.44. The molecule has 3 aromatic rings. The predicted molar refractivity (Wildman–Crippen MR) is 90.0 cm³/mol.